The lowest BCUT2D eigenvalue weighted by Crippen LogP contribution is -2.61. The summed E-state index contributed by atoms with van der Waals surface area (Å²) in [6.45, 7) is 4.82. The van der Waals surface area contributed by atoms with E-state index in [2.05, 4.69) is 16.8 Å². The van der Waals surface area contributed by atoms with Crippen LogP contribution in [0.25, 0.3) is 0 Å². The van der Waals surface area contributed by atoms with Gasteiger partial charge in [0, 0.05) is 55.9 Å². The van der Waals surface area contributed by atoms with Crippen LogP contribution in [0.1, 0.15) is 5.56 Å². The Morgan fingerprint density at radius 3 is 2.43 bits per heavy atom. The molecule has 1 atom stereocenters. The summed E-state index contributed by atoms with van der Waals surface area (Å²) in [5, 5.41) is 1.10. The van der Waals surface area contributed by atoms with Crippen LogP contribution in [0.5, 0.6) is 0 Å². The van der Waals surface area contributed by atoms with Crippen LogP contribution in [0.4, 0.5) is 4.79 Å². The number of fused-ring (bicyclic) bond motifs is 1. The van der Waals surface area contributed by atoms with Gasteiger partial charge in [0.25, 0.3) is 17.8 Å². The minimum atomic E-state index is -0.646. The van der Waals surface area contributed by atoms with Crippen molar-refractivity contribution in [2.45, 2.75) is 12.6 Å². The Morgan fingerprint density at radius 1 is 1.07 bits per heavy atom. The molecule has 2 fully saturated rings. The highest BCUT2D eigenvalue weighted by molar-refractivity contribution is 6.35. The van der Waals surface area contributed by atoms with Crippen molar-refractivity contribution in [3.05, 3.63) is 33.8 Å². The van der Waals surface area contributed by atoms with Gasteiger partial charge in [0.2, 0.25) is 0 Å². The lowest BCUT2D eigenvalue weighted by Gasteiger charge is -2.31. The van der Waals surface area contributed by atoms with Crippen molar-refractivity contribution in [1.29, 1.82) is 0 Å². The third-order valence-corrected chi connectivity index (χ3v) is 6.52. The van der Waals surface area contributed by atoms with Crippen molar-refractivity contribution in [3.8, 4) is 0 Å². The molecule has 3 heterocycles. The van der Waals surface area contributed by atoms with Crippen molar-refractivity contribution >= 4 is 46.8 Å². The van der Waals surface area contributed by atoms with Crippen molar-refractivity contribution in [2.24, 2.45) is 4.99 Å². The molecule has 1 unspecified atom stereocenters. The number of hydrogen-bond donors (Lipinski definition) is 0. The Kier molecular flexibility index (Phi) is 5.85. The third kappa shape index (κ3) is 3.85. The zero-order chi connectivity index (χ0) is 21.6. The largest absolute Gasteiger partial charge is 0.333 e. The van der Waals surface area contributed by atoms with Crippen LogP contribution in [-0.4, -0.2) is 108 Å². The molecular weight excluding hydrogens is 427 g/mol. The van der Waals surface area contributed by atoms with E-state index in [1.54, 1.807) is 19.2 Å². The highest BCUT2D eigenvalue weighted by atomic mass is 35.5. The maximum absolute atomic E-state index is 13.1. The molecule has 0 aromatic heterocycles. The number of amidine groups is 2. The Labute approximate surface area is 185 Å². The Bertz CT molecular complexity index is 955. The summed E-state index contributed by atoms with van der Waals surface area (Å²) in [5.41, 5.74) is 0.850. The monoisotopic (exact) mass is 451 g/mol. The number of aliphatic imine (C=N–C) groups is 1. The predicted octanol–water partition coefficient (Wildman–Crippen LogP) is 1.46. The molecule has 0 radical (unpaired) electrons. The summed E-state index contributed by atoms with van der Waals surface area (Å²) < 4.78 is 1.96. The Balaban J connectivity index is 1.70. The fourth-order valence-electron chi connectivity index (χ4n) is 4.00. The van der Waals surface area contributed by atoms with Crippen LogP contribution < -0.4 is 0 Å². The number of hydrogen-bond acceptors (Lipinski definition) is 5. The van der Waals surface area contributed by atoms with E-state index in [1.807, 2.05) is 10.6 Å². The lowest BCUT2D eigenvalue weighted by atomic mass is 10.1. The van der Waals surface area contributed by atoms with Gasteiger partial charge in [-0.05, 0) is 24.2 Å². The molecule has 3 amide bonds. The lowest BCUT2D eigenvalue weighted by molar-refractivity contribution is -0.552. The SMILES string of the molecule is CN1CCN(CC2=[N+](Cc3ccc(Cl)cc3Cl)C3C(=O)N(C)C(=O)N(C)C3=N2)CC1. The van der Waals surface area contributed by atoms with Gasteiger partial charge in [-0.3, -0.25) is 19.5 Å². The number of carbonyl (C=O) groups is 2. The van der Waals surface area contributed by atoms with Crippen molar-refractivity contribution in [3.63, 3.8) is 0 Å². The van der Waals surface area contributed by atoms with Crippen LogP contribution in [0.15, 0.2) is 23.2 Å². The summed E-state index contributed by atoms with van der Waals surface area (Å²) in [6.07, 6.45) is 0. The summed E-state index contributed by atoms with van der Waals surface area (Å²) in [4.78, 5) is 37.5. The number of halogens is 2. The zero-order valence-corrected chi connectivity index (χ0v) is 18.8. The Hall–Kier alpha value is -2.00. The highest BCUT2D eigenvalue weighted by Gasteiger charge is 2.53. The van der Waals surface area contributed by atoms with Crippen LogP contribution in [0.3, 0.4) is 0 Å². The molecule has 10 heteroatoms. The van der Waals surface area contributed by atoms with Gasteiger partial charge in [0.05, 0.1) is 0 Å². The first-order chi connectivity index (χ1) is 14.3. The van der Waals surface area contributed by atoms with E-state index in [4.69, 9.17) is 28.2 Å². The van der Waals surface area contributed by atoms with Crippen molar-refractivity contribution in [2.75, 3.05) is 53.9 Å². The van der Waals surface area contributed by atoms with Gasteiger partial charge in [-0.2, -0.15) is 0 Å². The van der Waals surface area contributed by atoms with Crippen LogP contribution in [0.2, 0.25) is 10.0 Å². The zero-order valence-electron chi connectivity index (χ0n) is 17.3. The van der Waals surface area contributed by atoms with E-state index in [0.717, 1.165) is 42.5 Å². The first kappa shape index (κ1) is 21.2. The Morgan fingerprint density at radius 2 is 1.77 bits per heavy atom. The number of urea groups is 1. The molecule has 3 aliphatic heterocycles. The number of piperazine rings is 1. The molecule has 8 nitrogen and oxygen atoms in total. The fraction of sp³-hybridized carbons (Fsp3) is 0.500. The molecule has 3 aliphatic rings. The van der Waals surface area contributed by atoms with E-state index < -0.39 is 6.04 Å². The predicted molar refractivity (Wildman–Crippen MR) is 117 cm³/mol. The minimum Gasteiger partial charge on any atom is -0.304 e. The molecule has 30 heavy (non-hydrogen) atoms. The summed E-state index contributed by atoms with van der Waals surface area (Å²) in [5.74, 6) is 0.960. The maximum atomic E-state index is 13.1. The van der Waals surface area contributed by atoms with E-state index in [9.17, 15) is 9.59 Å². The molecular formula is C20H25Cl2N6O2+. The number of amides is 3. The third-order valence-electron chi connectivity index (χ3n) is 5.93. The maximum Gasteiger partial charge on any atom is 0.333 e. The molecule has 0 bridgehead atoms. The second kappa shape index (κ2) is 8.26. The topological polar surface area (TPSA) is 62.5 Å². The summed E-state index contributed by atoms with van der Waals surface area (Å²) in [7, 11) is 5.27. The fourth-order valence-corrected chi connectivity index (χ4v) is 4.47. The number of rotatable bonds is 4. The van der Waals surface area contributed by atoms with E-state index in [-0.39, 0.29) is 11.9 Å². The minimum absolute atomic E-state index is 0.282. The van der Waals surface area contributed by atoms with Gasteiger partial charge in [0.1, 0.15) is 13.1 Å². The molecule has 160 valence electrons. The smallest absolute Gasteiger partial charge is 0.304 e. The number of nitrogens with zero attached hydrogens (tertiary/aromatic N) is 6. The van der Waals surface area contributed by atoms with Gasteiger partial charge in [-0.15, -0.1) is 0 Å². The standard InChI is InChI=1S/C20H25Cl2N6O2/c1-24-6-8-27(9-7-24)12-16-23-18-17(19(29)26(3)20(30)25(18)2)28(16)11-13-4-5-14(21)10-15(13)22/h4-5,10,17H,6-9,11-12H2,1-3H3/q+1. The molecule has 4 rings (SSSR count). The molecule has 2 saturated heterocycles. The normalized spacial score (nSPS) is 23.4. The highest BCUT2D eigenvalue weighted by Crippen LogP contribution is 2.25. The van der Waals surface area contributed by atoms with Gasteiger partial charge >= 0.3 is 11.9 Å². The molecule has 0 spiro atoms. The van der Waals surface area contributed by atoms with E-state index in [1.165, 1.54) is 11.9 Å². The molecule has 1 aromatic carbocycles. The second-order valence-corrected chi connectivity index (χ2v) is 8.81. The number of benzene rings is 1. The number of likely N-dealkylation sites (N-methyl/N-ethyl adjacent to an activating group) is 3. The van der Waals surface area contributed by atoms with Gasteiger partial charge < -0.3 is 4.90 Å². The summed E-state index contributed by atoms with van der Waals surface area (Å²) in [6, 6.07) is 4.32. The second-order valence-electron chi connectivity index (χ2n) is 7.97. The molecule has 0 aliphatic carbocycles. The first-order valence-electron chi connectivity index (χ1n) is 9.87. The number of carbonyl (C=O) groups excluding carboxylic acids is 2. The number of imide groups is 1. The van der Waals surface area contributed by atoms with Crippen LogP contribution in [0, 0.1) is 0 Å². The van der Waals surface area contributed by atoms with Crippen molar-refractivity contribution in [1.82, 2.24) is 19.6 Å². The van der Waals surface area contributed by atoms with Crippen LogP contribution in [-0.2, 0) is 11.3 Å². The van der Waals surface area contributed by atoms with Crippen LogP contribution >= 0.6 is 23.2 Å². The quantitative estimate of drug-likeness (QED) is 0.650. The summed E-state index contributed by atoms with van der Waals surface area (Å²) >= 11 is 12.5. The van der Waals surface area contributed by atoms with Gasteiger partial charge in [-0.25, -0.2) is 9.37 Å². The van der Waals surface area contributed by atoms with Crippen molar-refractivity contribution < 1.29 is 14.2 Å². The molecule has 0 N–H and O–H groups in total. The van der Waals surface area contributed by atoms with E-state index in [0.29, 0.717) is 29.0 Å². The van der Waals surface area contributed by atoms with Gasteiger partial charge in [-0.1, -0.05) is 29.3 Å². The molecule has 1 aromatic rings. The first-order valence-corrected chi connectivity index (χ1v) is 10.6. The average Bonchev–Trinajstić information content (AvgIpc) is 3.06. The van der Waals surface area contributed by atoms with E-state index >= 15 is 0 Å². The average molecular weight is 452 g/mol. The molecule has 0 saturated carbocycles. The van der Waals surface area contributed by atoms with Gasteiger partial charge in [0.15, 0.2) is 0 Å².